The molecule has 0 spiro atoms. The maximum Gasteiger partial charge on any atom is 0.312 e. The first-order valence-corrected chi connectivity index (χ1v) is 9.78. The van der Waals surface area contributed by atoms with Gasteiger partial charge in [-0.05, 0) is 53.6 Å². The van der Waals surface area contributed by atoms with Gasteiger partial charge in [-0.3, -0.25) is 9.59 Å². The molecule has 2 aliphatic heterocycles. The van der Waals surface area contributed by atoms with Gasteiger partial charge < -0.3 is 19.3 Å². The molecular weight excluding hydrogens is 396 g/mol. The largest absolute Gasteiger partial charge is 0.508 e. The molecular formula is C25H18O6. The quantitative estimate of drug-likeness (QED) is 0.387. The lowest BCUT2D eigenvalue weighted by Crippen LogP contribution is -2.21. The summed E-state index contributed by atoms with van der Waals surface area (Å²) in [6.45, 7) is 0. The summed E-state index contributed by atoms with van der Waals surface area (Å²) in [5.41, 5.74) is 2.59. The summed E-state index contributed by atoms with van der Waals surface area (Å²) in [6.07, 6.45) is 1.76. The van der Waals surface area contributed by atoms with Crippen LogP contribution in [0.5, 0.6) is 23.0 Å². The fourth-order valence-corrected chi connectivity index (χ4v) is 3.98. The Morgan fingerprint density at radius 1 is 1.03 bits per heavy atom. The van der Waals surface area contributed by atoms with Crippen molar-refractivity contribution in [2.75, 3.05) is 7.11 Å². The van der Waals surface area contributed by atoms with Gasteiger partial charge in [-0.15, -0.1) is 0 Å². The summed E-state index contributed by atoms with van der Waals surface area (Å²) >= 11 is 0. The van der Waals surface area contributed by atoms with Crippen molar-refractivity contribution in [1.29, 1.82) is 0 Å². The lowest BCUT2D eigenvalue weighted by atomic mass is 9.84. The third-order valence-corrected chi connectivity index (χ3v) is 5.47. The number of carbonyl (C=O) groups excluding carboxylic acids is 2. The zero-order chi connectivity index (χ0) is 21.5. The lowest BCUT2D eigenvalue weighted by molar-refractivity contribution is -0.135. The normalized spacial score (nSPS) is 18.2. The average molecular weight is 414 g/mol. The molecule has 2 heterocycles. The molecule has 0 unspecified atom stereocenters. The molecule has 0 saturated heterocycles. The number of aromatic hydroxyl groups is 1. The Balaban J connectivity index is 1.58. The van der Waals surface area contributed by atoms with E-state index in [1.807, 2.05) is 18.2 Å². The number of hydrogen-bond acceptors (Lipinski definition) is 6. The maximum absolute atomic E-state index is 13.0. The molecule has 5 rings (SSSR count). The molecule has 1 N–H and O–H groups in total. The summed E-state index contributed by atoms with van der Waals surface area (Å²) in [6, 6.07) is 17.2. The van der Waals surface area contributed by atoms with Crippen molar-refractivity contribution in [3.05, 3.63) is 88.7 Å². The van der Waals surface area contributed by atoms with E-state index in [2.05, 4.69) is 0 Å². The van der Waals surface area contributed by atoms with Crippen molar-refractivity contribution in [2.45, 2.75) is 12.3 Å². The molecule has 0 bridgehead atoms. The summed E-state index contributed by atoms with van der Waals surface area (Å²) < 4.78 is 16.6. The highest BCUT2D eigenvalue weighted by Crippen LogP contribution is 2.49. The zero-order valence-corrected chi connectivity index (χ0v) is 16.6. The van der Waals surface area contributed by atoms with Crippen LogP contribution < -0.4 is 14.2 Å². The Bertz CT molecular complexity index is 1240. The second-order valence-corrected chi connectivity index (χ2v) is 7.39. The molecule has 3 aromatic rings. The fourth-order valence-electron chi connectivity index (χ4n) is 3.98. The Morgan fingerprint density at radius 2 is 1.84 bits per heavy atom. The molecule has 2 aliphatic rings. The van der Waals surface area contributed by atoms with Gasteiger partial charge in [0.15, 0.2) is 5.76 Å². The van der Waals surface area contributed by atoms with Crippen LogP contribution in [0, 0.1) is 0 Å². The Morgan fingerprint density at radius 3 is 2.58 bits per heavy atom. The van der Waals surface area contributed by atoms with E-state index in [-0.39, 0.29) is 29.7 Å². The van der Waals surface area contributed by atoms with E-state index >= 15 is 0 Å². The van der Waals surface area contributed by atoms with Crippen LogP contribution in [-0.4, -0.2) is 24.0 Å². The second kappa shape index (κ2) is 7.32. The van der Waals surface area contributed by atoms with Crippen molar-refractivity contribution < 1.29 is 28.9 Å². The Kier molecular flexibility index (Phi) is 4.47. The molecule has 0 aliphatic carbocycles. The highest BCUT2D eigenvalue weighted by molar-refractivity contribution is 6.15. The van der Waals surface area contributed by atoms with Crippen LogP contribution in [0.3, 0.4) is 0 Å². The SMILES string of the molecule is COc1ccc(/C=C2\Oc3c(ccc4c3[C@@H](c3cccc(O)c3)CC(=O)O4)C2=O)cc1. The number of Topliss-reactive ketones (excluding diaryl/α,β-unsaturated/α-hetero) is 1. The highest BCUT2D eigenvalue weighted by Gasteiger charge is 2.38. The van der Waals surface area contributed by atoms with Crippen molar-refractivity contribution in [3.8, 4) is 23.0 Å². The summed E-state index contributed by atoms with van der Waals surface area (Å²) in [5.74, 6) is 0.757. The average Bonchev–Trinajstić information content (AvgIpc) is 3.09. The van der Waals surface area contributed by atoms with E-state index in [1.165, 1.54) is 0 Å². The van der Waals surface area contributed by atoms with Gasteiger partial charge >= 0.3 is 5.97 Å². The Hall–Kier alpha value is -4.06. The molecule has 1 atom stereocenters. The van der Waals surface area contributed by atoms with Gasteiger partial charge in [-0.1, -0.05) is 24.3 Å². The molecule has 3 aromatic carbocycles. The molecule has 6 nitrogen and oxygen atoms in total. The van der Waals surface area contributed by atoms with Crippen molar-refractivity contribution >= 4 is 17.8 Å². The van der Waals surface area contributed by atoms with Gasteiger partial charge in [0.25, 0.3) is 0 Å². The van der Waals surface area contributed by atoms with Gasteiger partial charge in [-0.25, -0.2) is 0 Å². The minimum absolute atomic E-state index is 0.0853. The maximum atomic E-state index is 13.0. The molecule has 0 saturated carbocycles. The predicted octanol–water partition coefficient (Wildman–Crippen LogP) is 4.46. The summed E-state index contributed by atoms with van der Waals surface area (Å²) in [5, 5.41) is 9.92. The minimum Gasteiger partial charge on any atom is -0.508 e. The van der Waals surface area contributed by atoms with Gasteiger partial charge in [0.2, 0.25) is 5.78 Å². The topological polar surface area (TPSA) is 82.1 Å². The number of allylic oxidation sites excluding steroid dienone is 1. The first-order valence-electron chi connectivity index (χ1n) is 9.78. The van der Waals surface area contributed by atoms with Crippen molar-refractivity contribution in [1.82, 2.24) is 0 Å². The van der Waals surface area contributed by atoms with E-state index < -0.39 is 5.92 Å². The predicted molar refractivity (Wildman–Crippen MR) is 113 cm³/mol. The molecule has 0 fully saturated rings. The summed E-state index contributed by atoms with van der Waals surface area (Å²) in [7, 11) is 1.59. The van der Waals surface area contributed by atoms with Gasteiger partial charge in [0.1, 0.15) is 23.0 Å². The second-order valence-electron chi connectivity index (χ2n) is 7.39. The fraction of sp³-hybridized carbons (Fsp3) is 0.120. The van der Waals surface area contributed by atoms with Crippen LogP contribution >= 0.6 is 0 Å². The number of esters is 1. The number of methoxy groups -OCH3 is 1. The molecule has 0 radical (unpaired) electrons. The van der Waals surface area contributed by atoms with E-state index in [9.17, 15) is 14.7 Å². The van der Waals surface area contributed by atoms with Crippen LogP contribution in [0.25, 0.3) is 6.08 Å². The lowest BCUT2D eigenvalue weighted by Gasteiger charge is -2.26. The van der Waals surface area contributed by atoms with E-state index in [1.54, 1.807) is 55.7 Å². The number of fused-ring (bicyclic) bond motifs is 3. The smallest absolute Gasteiger partial charge is 0.312 e. The molecule has 31 heavy (non-hydrogen) atoms. The monoisotopic (exact) mass is 414 g/mol. The number of phenolic OH excluding ortho intramolecular Hbond substituents is 1. The van der Waals surface area contributed by atoms with Crippen LogP contribution in [0.1, 0.15) is 39.4 Å². The Labute approximate surface area is 178 Å². The van der Waals surface area contributed by atoms with E-state index in [0.29, 0.717) is 28.4 Å². The van der Waals surface area contributed by atoms with Gasteiger partial charge in [-0.2, -0.15) is 0 Å². The van der Waals surface area contributed by atoms with Crippen molar-refractivity contribution in [2.24, 2.45) is 0 Å². The van der Waals surface area contributed by atoms with Gasteiger partial charge in [0, 0.05) is 11.5 Å². The number of ether oxygens (including phenoxy) is 3. The first kappa shape index (κ1) is 18.9. The number of carbonyl (C=O) groups is 2. The van der Waals surface area contributed by atoms with Gasteiger partial charge in [0.05, 0.1) is 19.1 Å². The van der Waals surface area contributed by atoms with E-state index in [0.717, 1.165) is 11.1 Å². The molecule has 0 aromatic heterocycles. The number of benzene rings is 3. The molecule has 0 amide bonds. The van der Waals surface area contributed by atoms with Crippen LogP contribution in [0.4, 0.5) is 0 Å². The van der Waals surface area contributed by atoms with Crippen LogP contribution in [-0.2, 0) is 4.79 Å². The number of phenols is 1. The number of hydrogen-bond donors (Lipinski definition) is 1. The van der Waals surface area contributed by atoms with Crippen LogP contribution in [0.2, 0.25) is 0 Å². The van der Waals surface area contributed by atoms with Crippen molar-refractivity contribution in [3.63, 3.8) is 0 Å². The van der Waals surface area contributed by atoms with Crippen LogP contribution in [0.15, 0.2) is 66.4 Å². The third kappa shape index (κ3) is 3.32. The standard InChI is InChI=1S/C25H18O6/c1-29-17-7-5-14(6-8-17)11-21-24(28)18-9-10-20-23(25(18)31-21)19(13-22(27)30-20)15-3-2-4-16(26)12-15/h2-12,19,26H,13H2,1H3/b21-11-/t19-/m1/s1. The summed E-state index contributed by atoms with van der Waals surface area (Å²) in [4.78, 5) is 25.2. The number of ketones is 1. The highest BCUT2D eigenvalue weighted by atomic mass is 16.5. The molecule has 6 heteroatoms. The minimum atomic E-state index is -0.397. The van der Waals surface area contributed by atoms with E-state index in [4.69, 9.17) is 14.2 Å². The molecule has 154 valence electrons. The zero-order valence-electron chi connectivity index (χ0n) is 16.6. The number of rotatable bonds is 3. The first-order chi connectivity index (χ1) is 15.0. The third-order valence-electron chi connectivity index (χ3n) is 5.47.